The van der Waals surface area contributed by atoms with E-state index in [-0.39, 0.29) is 0 Å². The number of benzene rings is 6. The quantitative estimate of drug-likeness (QED) is 0.215. The number of hydrogen-bond acceptors (Lipinski definition) is 1. The Kier molecular flexibility index (Phi) is 4.58. The molecule has 6 aromatic carbocycles. The van der Waals surface area contributed by atoms with E-state index >= 15 is 0 Å². The van der Waals surface area contributed by atoms with Crippen LogP contribution in [0.15, 0.2) is 120 Å². The normalized spacial score (nSPS) is 11.7. The van der Waals surface area contributed by atoms with Crippen molar-refractivity contribution in [3.8, 4) is 22.3 Å². The van der Waals surface area contributed by atoms with Gasteiger partial charge >= 0.3 is 0 Å². The number of rotatable bonds is 2. The Hall–Kier alpha value is -3.46. The van der Waals surface area contributed by atoms with Crippen molar-refractivity contribution < 1.29 is 0 Å². The Morgan fingerprint density at radius 3 is 1.82 bits per heavy atom. The lowest BCUT2D eigenvalue weighted by atomic mass is 9.94. The maximum absolute atomic E-state index is 3.54. The first-order valence-electron chi connectivity index (χ1n) is 11.4. The Bertz CT molecular complexity index is 1840. The zero-order valence-corrected chi connectivity index (χ0v) is 20.7. The Balaban J connectivity index is 1.52. The molecule has 0 N–H and O–H groups in total. The van der Waals surface area contributed by atoms with Crippen LogP contribution in [0.4, 0.5) is 0 Å². The molecule has 0 atom stereocenters. The highest BCUT2D eigenvalue weighted by atomic mass is 79.9. The second kappa shape index (κ2) is 7.80. The van der Waals surface area contributed by atoms with Crippen molar-refractivity contribution >= 4 is 69.0 Å². The van der Waals surface area contributed by atoms with Gasteiger partial charge in [0.05, 0.1) is 0 Å². The fourth-order valence-electron chi connectivity index (χ4n) is 5.06. The molecule has 0 bridgehead atoms. The summed E-state index contributed by atoms with van der Waals surface area (Å²) >= 11 is 5.46. The minimum atomic E-state index is 1.10. The van der Waals surface area contributed by atoms with Crippen LogP contribution >= 0.6 is 27.3 Å². The lowest BCUT2D eigenvalue weighted by Crippen LogP contribution is -1.84. The molecule has 160 valence electrons. The highest BCUT2D eigenvalue weighted by Gasteiger charge is 2.16. The minimum absolute atomic E-state index is 1.10. The molecule has 2 heteroatoms. The van der Waals surface area contributed by atoms with Gasteiger partial charge in [-0.2, -0.15) is 0 Å². The van der Waals surface area contributed by atoms with Gasteiger partial charge in [-0.25, -0.2) is 0 Å². The monoisotopic (exact) mass is 514 g/mol. The van der Waals surface area contributed by atoms with Gasteiger partial charge < -0.3 is 0 Å². The van der Waals surface area contributed by atoms with E-state index in [1.165, 1.54) is 64.0 Å². The molecule has 7 rings (SSSR count). The molecule has 7 aromatic rings. The molecule has 0 nitrogen and oxygen atoms in total. The molecule has 0 saturated heterocycles. The smallest absolute Gasteiger partial charge is 0.0440 e. The number of halogens is 1. The second-order valence-corrected chi connectivity index (χ2v) is 10.6. The number of fused-ring (bicyclic) bond motifs is 6. The highest BCUT2D eigenvalue weighted by Crippen LogP contribution is 2.46. The van der Waals surface area contributed by atoms with E-state index in [4.69, 9.17) is 0 Å². The van der Waals surface area contributed by atoms with Crippen LogP contribution in [-0.2, 0) is 0 Å². The first kappa shape index (κ1) is 20.0. The molecule has 1 heterocycles. The van der Waals surface area contributed by atoms with Gasteiger partial charge in [-0.1, -0.05) is 113 Å². The van der Waals surface area contributed by atoms with Gasteiger partial charge in [0, 0.05) is 30.2 Å². The van der Waals surface area contributed by atoms with Crippen LogP contribution in [0.25, 0.3) is 64.0 Å². The second-order valence-electron chi connectivity index (χ2n) is 8.70. The predicted octanol–water partition coefficient (Wildman–Crippen LogP) is 10.5. The van der Waals surface area contributed by atoms with E-state index < -0.39 is 0 Å². The summed E-state index contributed by atoms with van der Waals surface area (Å²) in [6.07, 6.45) is 0. The SMILES string of the molecule is Brc1ccc(-c2ccc(-c3c4ccccc4cc4c3sc3c5ccccc5ccc43)cc2)cc1. The van der Waals surface area contributed by atoms with Crippen LogP contribution in [-0.4, -0.2) is 0 Å². The molecule has 0 saturated carbocycles. The molecule has 0 unspecified atom stereocenters. The summed E-state index contributed by atoms with van der Waals surface area (Å²) in [7, 11) is 0. The lowest BCUT2D eigenvalue weighted by Gasteiger charge is -2.11. The molecule has 0 radical (unpaired) electrons. The summed E-state index contributed by atoms with van der Waals surface area (Å²) in [4.78, 5) is 0. The van der Waals surface area contributed by atoms with Crippen molar-refractivity contribution in [2.24, 2.45) is 0 Å². The third-order valence-corrected chi connectivity index (χ3v) is 8.53. The number of hydrogen-bond donors (Lipinski definition) is 0. The van der Waals surface area contributed by atoms with Crippen LogP contribution < -0.4 is 0 Å². The van der Waals surface area contributed by atoms with Crippen LogP contribution in [0.1, 0.15) is 0 Å². The van der Waals surface area contributed by atoms with Crippen molar-refractivity contribution in [1.29, 1.82) is 0 Å². The summed E-state index contributed by atoms with van der Waals surface area (Å²) in [5.41, 5.74) is 5.06. The van der Waals surface area contributed by atoms with Gasteiger partial charge in [0.2, 0.25) is 0 Å². The van der Waals surface area contributed by atoms with Crippen LogP contribution in [0.5, 0.6) is 0 Å². The van der Waals surface area contributed by atoms with E-state index in [9.17, 15) is 0 Å². The molecular formula is C32H19BrS. The molecule has 0 aliphatic carbocycles. The Labute approximate surface area is 210 Å². The van der Waals surface area contributed by atoms with Crippen LogP contribution in [0.3, 0.4) is 0 Å². The molecule has 0 amide bonds. The maximum Gasteiger partial charge on any atom is 0.0440 e. The largest absolute Gasteiger partial charge is 0.134 e. The van der Waals surface area contributed by atoms with Crippen molar-refractivity contribution in [2.45, 2.75) is 0 Å². The maximum atomic E-state index is 3.54. The first-order chi connectivity index (χ1) is 16.8. The van der Waals surface area contributed by atoms with Crippen molar-refractivity contribution in [3.05, 3.63) is 120 Å². The van der Waals surface area contributed by atoms with E-state index in [2.05, 4.69) is 131 Å². The van der Waals surface area contributed by atoms with Crippen molar-refractivity contribution in [3.63, 3.8) is 0 Å². The molecular weight excluding hydrogens is 496 g/mol. The van der Waals surface area contributed by atoms with E-state index in [0.29, 0.717) is 0 Å². The Morgan fingerprint density at radius 2 is 1.06 bits per heavy atom. The molecule has 34 heavy (non-hydrogen) atoms. The van der Waals surface area contributed by atoms with E-state index in [0.717, 1.165) is 4.47 Å². The standard InChI is InChI=1S/C32H19BrS/c33-25-16-13-21(14-17-25)20-9-11-23(12-10-20)30-26-7-3-2-6-24(26)19-29-28-18-15-22-5-1-4-8-27(22)31(28)34-32(29)30/h1-19H. The third kappa shape index (κ3) is 3.10. The average Bonchev–Trinajstić information content (AvgIpc) is 3.26. The van der Waals surface area contributed by atoms with E-state index in [1.807, 2.05) is 11.3 Å². The summed E-state index contributed by atoms with van der Waals surface area (Å²) in [5, 5.41) is 7.92. The number of thiophene rings is 1. The highest BCUT2D eigenvalue weighted by molar-refractivity contribution is 9.10. The summed E-state index contributed by atoms with van der Waals surface area (Å²) in [6.45, 7) is 0. The summed E-state index contributed by atoms with van der Waals surface area (Å²) in [5.74, 6) is 0. The van der Waals surface area contributed by atoms with Gasteiger partial charge in [0.25, 0.3) is 0 Å². The van der Waals surface area contributed by atoms with E-state index in [1.54, 1.807) is 0 Å². The molecule has 0 aliphatic heterocycles. The molecule has 0 fully saturated rings. The molecule has 1 aromatic heterocycles. The summed E-state index contributed by atoms with van der Waals surface area (Å²) < 4.78 is 3.83. The van der Waals surface area contributed by atoms with Crippen molar-refractivity contribution in [2.75, 3.05) is 0 Å². The van der Waals surface area contributed by atoms with Crippen LogP contribution in [0, 0.1) is 0 Å². The molecule has 0 aliphatic rings. The Morgan fingerprint density at radius 1 is 0.441 bits per heavy atom. The zero-order valence-electron chi connectivity index (χ0n) is 18.3. The third-order valence-electron chi connectivity index (χ3n) is 6.73. The van der Waals surface area contributed by atoms with Gasteiger partial charge in [0.1, 0.15) is 0 Å². The molecule has 0 spiro atoms. The predicted molar refractivity (Wildman–Crippen MR) is 153 cm³/mol. The summed E-state index contributed by atoms with van der Waals surface area (Å²) in [6, 6.07) is 42.0. The van der Waals surface area contributed by atoms with Gasteiger partial charge in [-0.3, -0.25) is 0 Å². The first-order valence-corrected chi connectivity index (χ1v) is 13.0. The zero-order chi connectivity index (χ0) is 22.6. The van der Waals surface area contributed by atoms with Gasteiger partial charge in [-0.15, -0.1) is 11.3 Å². The topological polar surface area (TPSA) is 0 Å². The van der Waals surface area contributed by atoms with Gasteiger partial charge in [-0.05, 0) is 56.4 Å². The fourth-order valence-corrected chi connectivity index (χ4v) is 6.72. The average molecular weight is 515 g/mol. The van der Waals surface area contributed by atoms with Crippen LogP contribution in [0.2, 0.25) is 0 Å². The lowest BCUT2D eigenvalue weighted by molar-refractivity contribution is 1.59. The van der Waals surface area contributed by atoms with Gasteiger partial charge in [0.15, 0.2) is 0 Å². The fraction of sp³-hybridized carbons (Fsp3) is 0. The van der Waals surface area contributed by atoms with Crippen molar-refractivity contribution in [1.82, 2.24) is 0 Å². The minimum Gasteiger partial charge on any atom is -0.134 e.